The minimum absolute atomic E-state index is 0.438. The monoisotopic (exact) mass is 282 g/mol. The Labute approximate surface area is 123 Å². The number of nitrogens with zero attached hydrogens (tertiary/aromatic N) is 2. The van der Waals surface area contributed by atoms with Crippen LogP contribution in [0.25, 0.3) is 11.0 Å². The number of benzene rings is 2. The van der Waals surface area contributed by atoms with E-state index in [0.29, 0.717) is 11.9 Å². The fraction of sp³-hybridized carbons (Fsp3) is 0.235. The van der Waals surface area contributed by atoms with Gasteiger partial charge in [-0.1, -0.05) is 36.4 Å². The molecule has 20 heavy (non-hydrogen) atoms. The van der Waals surface area contributed by atoms with Crippen molar-refractivity contribution in [1.82, 2.24) is 9.55 Å². The SMILES string of the molecule is ClCc1nc2ccccc2n1C1Cc2ccccc2C1. The summed E-state index contributed by atoms with van der Waals surface area (Å²) >= 11 is 6.11. The van der Waals surface area contributed by atoms with Gasteiger partial charge in [-0.15, -0.1) is 11.6 Å². The first-order valence-corrected chi connectivity index (χ1v) is 7.49. The second-order valence-corrected chi connectivity index (χ2v) is 5.62. The average molecular weight is 283 g/mol. The molecule has 0 bridgehead atoms. The van der Waals surface area contributed by atoms with Gasteiger partial charge < -0.3 is 4.57 Å². The molecule has 100 valence electrons. The Morgan fingerprint density at radius 1 is 1.00 bits per heavy atom. The molecular weight excluding hydrogens is 268 g/mol. The Hall–Kier alpha value is -1.80. The number of alkyl halides is 1. The van der Waals surface area contributed by atoms with E-state index in [4.69, 9.17) is 11.6 Å². The minimum atomic E-state index is 0.438. The van der Waals surface area contributed by atoms with Crippen molar-refractivity contribution in [1.29, 1.82) is 0 Å². The van der Waals surface area contributed by atoms with Crippen molar-refractivity contribution in [3.63, 3.8) is 0 Å². The van der Waals surface area contributed by atoms with E-state index in [1.807, 2.05) is 6.07 Å². The smallest absolute Gasteiger partial charge is 0.125 e. The van der Waals surface area contributed by atoms with E-state index < -0.39 is 0 Å². The number of aromatic nitrogens is 2. The molecule has 1 heterocycles. The molecule has 2 aromatic carbocycles. The largest absolute Gasteiger partial charge is 0.323 e. The molecule has 3 aromatic rings. The van der Waals surface area contributed by atoms with Crippen LogP contribution in [-0.2, 0) is 18.7 Å². The van der Waals surface area contributed by atoms with Gasteiger partial charge in [0.1, 0.15) is 5.82 Å². The highest BCUT2D eigenvalue weighted by Crippen LogP contribution is 2.33. The van der Waals surface area contributed by atoms with Crippen LogP contribution in [-0.4, -0.2) is 9.55 Å². The maximum absolute atomic E-state index is 6.11. The first-order chi connectivity index (χ1) is 9.86. The van der Waals surface area contributed by atoms with Crippen LogP contribution in [0.3, 0.4) is 0 Å². The summed E-state index contributed by atoms with van der Waals surface area (Å²) in [6.45, 7) is 0. The number of hydrogen-bond acceptors (Lipinski definition) is 1. The zero-order valence-corrected chi connectivity index (χ0v) is 11.8. The van der Waals surface area contributed by atoms with E-state index in [1.165, 1.54) is 16.6 Å². The summed E-state index contributed by atoms with van der Waals surface area (Å²) < 4.78 is 2.34. The molecule has 2 nitrogen and oxygen atoms in total. The van der Waals surface area contributed by atoms with Crippen molar-refractivity contribution in [2.24, 2.45) is 0 Å². The van der Waals surface area contributed by atoms with Crippen LogP contribution in [0.1, 0.15) is 23.0 Å². The normalized spacial score (nSPS) is 14.8. The van der Waals surface area contributed by atoms with Crippen LogP contribution in [0.2, 0.25) is 0 Å². The van der Waals surface area contributed by atoms with Crippen molar-refractivity contribution < 1.29 is 0 Å². The first kappa shape index (κ1) is 12.0. The summed E-state index contributed by atoms with van der Waals surface area (Å²) in [5, 5.41) is 0. The lowest BCUT2D eigenvalue weighted by molar-refractivity contribution is 0.528. The minimum Gasteiger partial charge on any atom is -0.323 e. The number of hydrogen-bond donors (Lipinski definition) is 0. The van der Waals surface area contributed by atoms with E-state index >= 15 is 0 Å². The average Bonchev–Trinajstić information content (AvgIpc) is 3.07. The predicted molar refractivity (Wildman–Crippen MR) is 82.2 cm³/mol. The van der Waals surface area contributed by atoms with Gasteiger partial charge in [0.05, 0.1) is 16.9 Å². The van der Waals surface area contributed by atoms with E-state index in [9.17, 15) is 0 Å². The number of para-hydroxylation sites is 2. The standard InChI is InChI=1S/C17H15ClN2/c18-11-17-19-15-7-3-4-8-16(15)20(17)14-9-12-5-1-2-6-13(12)10-14/h1-8,14H,9-11H2. The highest BCUT2D eigenvalue weighted by Gasteiger charge is 2.25. The fourth-order valence-electron chi connectivity index (χ4n) is 3.31. The summed E-state index contributed by atoms with van der Waals surface area (Å²) in [7, 11) is 0. The van der Waals surface area contributed by atoms with Crippen molar-refractivity contribution in [3.05, 3.63) is 65.5 Å². The van der Waals surface area contributed by atoms with Crippen molar-refractivity contribution in [3.8, 4) is 0 Å². The molecule has 0 aliphatic heterocycles. The van der Waals surface area contributed by atoms with Crippen LogP contribution in [0.4, 0.5) is 0 Å². The maximum Gasteiger partial charge on any atom is 0.125 e. The van der Waals surface area contributed by atoms with Gasteiger partial charge in [0.15, 0.2) is 0 Å². The maximum atomic E-state index is 6.11. The summed E-state index contributed by atoms with van der Waals surface area (Å²) in [5.41, 5.74) is 5.15. The van der Waals surface area contributed by atoms with Gasteiger partial charge in [-0.3, -0.25) is 0 Å². The first-order valence-electron chi connectivity index (χ1n) is 6.95. The Balaban J connectivity index is 1.84. The molecule has 1 aromatic heterocycles. The molecule has 1 aliphatic carbocycles. The molecule has 0 amide bonds. The predicted octanol–water partition coefficient (Wildman–Crippen LogP) is 4.12. The quantitative estimate of drug-likeness (QED) is 0.647. The van der Waals surface area contributed by atoms with E-state index in [2.05, 4.69) is 52.0 Å². The summed E-state index contributed by atoms with van der Waals surface area (Å²) in [5.74, 6) is 1.44. The second-order valence-electron chi connectivity index (χ2n) is 5.35. The summed E-state index contributed by atoms with van der Waals surface area (Å²) in [6.07, 6.45) is 2.14. The Kier molecular flexibility index (Phi) is 2.78. The lowest BCUT2D eigenvalue weighted by Crippen LogP contribution is -2.11. The van der Waals surface area contributed by atoms with Gasteiger partial charge >= 0.3 is 0 Å². The molecule has 0 unspecified atom stereocenters. The number of imidazole rings is 1. The fourth-order valence-corrected chi connectivity index (χ4v) is 3.50. The van der Waals surface area contributed by atoms with Gasteiger partial charge in [-0.05, 0) is 36.1 Å². The molecule has 0 spiro atoms. The third-order valence-electron chi connectivity index (χ3n) is 4.18. The van der Waals surface area contributed by atoms with Crippen molar-refractivity contribution in [2.45, 2.75) is 24.8 Å². The molecule has 0 saturated carbocycles. The molecule has 0 radical (unpaired) electrons. The van der Waals surface area contributed by atoms with Gasteiger partial charge in [-0.2, -0.15) is 0 Å². The van der Waals surface area contributed by atoms with E-state index in [0.717, 1.165) is 24.2 Å². The summed E-state index contributed by atoms with van der Waals surface area (Å²) in [6, 6.07) is 17.4. The topological polar surface area (TPSA) is 17.8 Å². The van der Waals surface area contributed by atoms with Crippen LogP contribution >= 0.6 is 11.6 Å². The van der Waals surface area contributed by atoms with Crippen molar-refractivity contribution in [2.75, 3.05) is 0 Å². The Bertz CT molecular complexity index is 751. The van der Waals surface area contributed by atoms with Crippen LogP contribution < -0.4 is 0 Å². The van der Waals surface area contributed by atoms with Crippen molar-refractivity contribution >= 4 is 22.6 Å². The van der Waals surface area contributed by atoms with Crippen LogP contribution in [0.15, 0.2) is 48.5 Å². The number of rotatable bonds is 2. The van der Waals surface area contributed by atoms with Crippen LogP contribution in [0, 0.1) is 0 Å². The second kappa shape index (κ2) is 4.64. The zero-order chi connectivity index (χ0) is 13.5. The highest BCUT2D eigenvalue weighted by atomic mass is 35.5. The number of fused-ring (bicyclic) bond motifs is 2. The molecule has 0 saturated heterocycles. The molecule has 0 fully saturated rings. The van der Waals surface area contributed by atoms with E-state index in [-0.39, 0.29) is 0 Å². The molecule has 0 N–H and O–H groups in total. The molecule has 4 rings (SSSR count). The zero-order valence-electron chi connectivity index (χ0n) is 11.1. The van der Waals surface area contributed by atoms with Gasteiger partial charge in [0, 0.05) is 6.04 Å². The van der Waals surface area contributed by atoms with Gasteiger partial charge in [-0.25, -0.2) is 4.98 Å². The van der Waals surface area contributed by atoms with Gasteiger partial charge in [0.25, 0.3) is 0 Å². The molecule has 1 aliphatic rings. The van der Waals surface area contributed by atoms with Crippen LogP contribution in [0.5, 0.6) is 0 Å². The Morgan fingerprint density at radius 2 is 1.65 bits per heavy atom. The third-order valence-corrected chi connectivity index (χ3v) is 4.42. The lowest BCUT2D eigenvalue weighted by Gasteiger charge is -2.15. The molecule has 3 heteroatoms. The molecule has 0 atom stereocenters. The summed E-state index contributed by atoms with van der Waals surface area (Å²) in [4.78, 5) is 4.67. The molecular formula is C17H15ClN2. The van der Waals surface area contributed by atoms with E-state index in [1.54, 1.807) is 0 Å². The van der Waals surface area contributed by atoms with Gasteiger partial charge in [0.2, 0.25) is 0 Å². The number of halogens is 1. The lowest BCUT2D eigenvalue weighted by atomic mass is 10.1. The third kappa shape index (κ3) is 1.75. The highest BCUT2D eigenvalue weighted by molar-refractivity contribution is 6.16. The Morgan fingerprint density at radius 3 is 2.35 bits per heavy atom.